The second-order valence-electron chi connectivity index (χ2n) is 4.22. The molecule has 0 saturated heterocycles. The van der Waals surface area contributed by atoms with Gasteiger partial charge in [-0.3, -0.25) is 0 Å². The topological polar surface area (TPSA) is 55.5 Å². The van der Waals surface area contributed by atoms with Crippen LogP contribution >= 0.6 is 0 Å². The summed E-state index contributed by atoms with van der Waals surface area (Å²) in [5, 5.41) is 9.32. The number of phenolic OH excluding ortho intramolecular Hbond substituents is 1. The van der Waals surface area contributed by atoms with Crippen molar-refractivity contribution in [3.05, 3.63) is 48.0 Å². The molecular formula is C15H17NO2. The Kier molecular flexibility index (Phi) is 3.72. The molecule has 2 aromatic carbocycles. The van der Waals surface area contributed by atoms with Gasteiger partial charge in [0, 0.05) is 6.07 Å². The van der Waals surface area contributed by atoms with Gasteiger partial charge < -0.3 is 15.6 Å². The zero-order valence-corrected chi connectivity index (χ0v) is 10.4. The number of nitrogens with two attached hydrogens (primary N) is 1. The van der Waals surface area contributed by atoms with E-state index in [-0.39, 0.29) is 5.75 Å². The van der Waals surface area contributed by atoms with Crippen molar-refractivity contribution in [2.24, 2.45) is 0 Å². The fraction of sp³-hybridized carbons (Fsp3) is 0.200. The lowest BCUT2D eigenvalue weighted by atomic mass is 10.1. The predicted molar refractivity (Wildman–Crippen MR) is 73.0 cm³/mol. The normalized spacial score (nSPS) is 10.3. The SMILES string of the molecule is CCCc1ccc(Oc2ccc(O)c(N)c2)cc1. The number of phenols is 1. The molecule has 0 spiro atoms. The third kappa shape index (κ3) is 2.94. The standard InChI is InChI=1S/C15H17NO2/c1-2-3-11-4-6-12(7-5-11)18-13-8-9-15(17)14(16)10-13/h4-10,17H,2-3,16H2,1H3. The van der Waals surface area contributed by atoms with Crippen molar-refractivity contribution in [1.82, 2.24) is 0 Å². The Morgan fingerprint density at radius 3 is 2.33 bits per heavy atom. The van der Waals surface area contributed by atoms with Crippen LogP contribution in [0.4, 0.5) is 5.69 Å². The van der Waals surface area contributed by atoms with Crippen LogP contribution in [0.5, 0.6) is 17.2 Å². The number of benzene rings is 2. The Bertz CT molecular complexity index is 521. The summed E-state index contributed by atoms with van der Waals surface area (Å²) < 4.78 is 5.66. The molecule has 18 heavy (non-hydrogen) atoms. The summed E-state index contributed by atoms with van der Waals surface area (Å²) in [6.07, 6.45) is 2.21. The highest BCUT2D eigenvalue weighted by Gasteiger charge is 2.01. The van der Waals surface area contributed by atoms with Gasteiger partial charge in [-0.15, -0.1) is 0 Å². The van der Waals surface area contributed by atoms with Gasteiger partial charge in [-0.25, -0.2) is 0 Å². The average Bonchev–Trinajstić information content (AvgIpc) is 2.37. The molecule has 0 fully saturated rings. The molecule has 0 unspecified atom stereocenters. The van der Waals surface area contributed by atoms with Crippen molar-refractivity contribution in [2.45, 2.75) is 19.8 Å². The van der Waals surface area contributed by atoms with E-state index in [1.807, 2.05) is 12.1 Å². The number of aryl methyl sites for hydroxylation is 1. The molecule has 0 heterocycles. The minimum Gasteiger partial charge on any atom is -0.506 e. The fourth-order valence-corrected chi connectivity index (χ4v) is 1.75. The third-order valence-electron chi connectivity index (χ3n) is 2.70. The Morgan fingerprint density at radius 2 is 1.72 bits per heavy atom. The Morgan fingerprint density at radius 1 is 1.06 bits per heavy atom. The minimum absolute atomic E-state index is 0.0700. The molecule has 3 N–H and O–H groups in total. The fourth-order valence-electron chi connectivity index (χ4n) is 1.75. The van der Waals surface area contributed by atoms with Crippen molar-refractivity contribution >= 4 is 5.69 Å². The van der Waals surface area contributed by atoms with Gasteiger partial charge >= 0.3 is 0 Å². The van der Waals surface area contributed by atoms with E-state index in [0.29, 0.717) is 11.4 Å². The highest BCUT2D eigenvalue weighted by molar-refractivity contribution is 5.55. The maximum atomic E-state index is 9.32. The summed E-state index contributed by atoms with van der Waals surface area (Å²) in [5.74, 6) is 1.45. The van der Waals surface area contributed by atoms with Crippen molar-refractivity contribution in [2.75, 3.05) is 5.73 Å². The molecule has 0 atom stereocenters. The summed E-state index contributed by atoms with van der Waals surface area (Å²) in [5.41, 5.74) is 7.22. The molecule has 3 heteroatoms. The average molecular weight is 243 g/mol. The first kappa shape index (κ1) is 12.3. The summed E-state index contributed by atoms with van der Waals surface area (Å²) in [7, 11) is 0. The largest absolute Gasteiger partial charge is 0.506 e. The quantitative estimate of drug-likeness (QED) is 0.635. The smallest absolute Gasteiger partial charge is 0.138 e. The van der Waals surface area contributed by atoms with Gasteiger partial charge in [0.25, 0.3) is 0 Å². The molecule has 94 valence electrons. The van der Waals surface area contributed by atoms with Crippen LogP contribution in [0, 0.1) is 0 Å². The monoisotopic (exact) mass is 243 g/mol. The number of aromatic hydroxyl groups is 1. The number of ether oxygens (including phenoxy) is 1. The minimum atomic E-state index is 0.0700. The van der Waals surface area contributed by atoms with Crippen molar-refractivity contribution in [3.63, 3.8) is 0 Å². The van der Waals surface area contributed by atoms with E-state index in [1.165, 1.54) is 11.6 Å². The van der Waals surface area contributed by atoms with E-state index in [0.717, 1.165) is 18.6 Å². The van der Waals surface area contributed by atoms with E-state index in [9.17, 15) is 5.11 Å². The van der Waals surface area contributed by atoms with E-state index in [2.05, 4.69) is 19.1 Å². The predicted octanol–water partition coefficient (Wildman–Crippen LogP) is 3.72. The Hall–Kier alpha value is -2.16. The number of hydrogen-bond acceptors (Lipinski definition) is 3. The van der Waals surface area contributed by atoms with Crippen LogP contribution in [-0.2, 0) is 6.42 Å². The van der Waals surface area contributed by atoms with Gasteiger partial charge in [0.15, 0.2) is 0 Å². The zero-order valence-electron chi connectivity index (χ0n) is 10.4. The molecule has 0 aliphatic rings. The zero-order chi connectivity index (χ0) is 13.0. The van der Waals surface area contributed by atoms with Crippen molar-refractivity contribution < 1.29 is 9.84 Å². The highest BCUT2D eigenvalue weighted by Crippen LogP contribution is 2.28. The van der Waals surface area contributed by atoms with Crippen LogP contribution in [0.3, 0.4) is 0 Å². The van der Waals surface area contributed by atoms with Crippen LogP contribution < -0.4 is 10.5 Å². The van der Waals surface area contributed by atoms with Crippen molar-refractivity contribution in [1.29, 1.82) is 0 Å². The number of hydrogen-bond donors (Lipinski definition) is 2. The number of rotatable bonds is 4. The lowest BCUT2D eigenvalue weighted by Crippen LogP contribution is -1.89. The Labute approximate surface area is 107 Å². The lowest BCUT2D eigenvalue weighted by Gasteiger charge is -2.08. The molecular weight excluding hydrogens is 226 g/mol. The van der Waals surface area contributed by atoms with Gasteiger partial charge in [0.1, 0.15) is 17.2 Å². The summed E-state index contributed by atoms with van der Waals surface area (Å²) in [6.45, 7) is 2.16. The van der Waals surface area contributed by atoms with Crippen LogP contribution in [-0.4, -0.2) is 5.11 Å². The number of nitrogen functional groups attached to an aromatic ring is 1. The third-order valence-corrected chi connectivity index (χ3v) is 2.70. The number of anilines is 1. The van der Waals surface area contributed by atoms with Gasteiger partial charge in [-0.1, -0.05) is 25.5 Å². The van der Waals surface area contributed by atoms with Crippen molar-refractivity contribution in [3.8, 4) is 17.2 Å². The van der Waals surface area contributed by atoms with Gasteiger partial charge in [-0.05, 0) is 36.2 Å². The highest BCUT2D eigenvalue weighted by atomic mass is 16.5. The van der Waals surface area contributed by atoms with E-state index in [4.69, 9.17) is 10.5 Å². The molecule has 0 radical (unpaired) electrons. The molecule has 2 rings (SSSR count). The first-order valence-electron chi connectivity index (χ1n) is 6.04. The summed E-state index contributed by atoms with van der Waals surface area (Å²) in [6, 6.07) is 12.8. The molecule has 0 bridgehead atoms. The maximum Gasteiger partial charge on any atom is 0.138 e. The van der Waals surface area contributed by atoms with E-state index < -0.39 is 0 Å². The van der Waals surface area contributed by atoms with Crippen LogP contribution in [0.2, 0.25) is 0 Å². The second kappa shape index (κ2) is 5.45. The van der Waals surface area contributed by atoms with Gasteiger partial charge in [0.05, 0.1) is 5.69 Å². The van der Waals surface area contributed by atoms with Crippen LogP contribution in [0.1, 0.15) is 18.9 Å². The summed E-state index contributed by atoms with van der Waals surface area (Å²) >= 11 is 0. The maximum absolute atomic E-state index is 9.32. The lowest BCUT2D eigenvalue weighted by molar-refractivity contribution is 0.466. The first-order chi connectivity index (χ1) is 8.69. The molecule has 2 aromatic rings. The van der Waals surface area contributed by atoms with E-state index >= 15 is 0 Å². The molecule has 0 saturated carbocycles. The first-order valence-corrected chi connectivity index (χ1v) is 6.04. The Balaban J connectivity index is 2.10. The van der Waals surface area contributed by atoms with E-state index in [1.54, 1.807) is 12.1 Å². The molecule has 0 aromatic heterocycles. The summed E-state index contributed by atoms with van der Waals surface area (Å²) in [4.78, 5) is 0. The van der Waals surface area contributed by atoms with Crippen LogP contribution in [0.15, 0.2) is 42.5 Å². The van der Waals surface area contributed by atoms with Gasteiger partial charge in [-0.2, -0.15) is 0 Å². The molecule has 3 nitrogen and oxygen atoms in total. The second-order valence-corrected chi connectivity index (χ2v) is 4.22. The van der Waals surface area contributed by atoms with Gasteiger partial charge in [0.2, 0.25) is 0 Å². The molecule has 0 aliphatic carbocycles. The van der Waals surface area contributed by atoms with Crippen LogP contribution in [0.25, 0.3) is 0 Å². The molecule has 0 aliphatic heterocycles. The molecule has 0 amide bonds.